The van der Waals surface area contributed by atoms with Crippen molar-refractivity contribution in [3.05, 3.63) is 34.5 Å². The van der Waals surface area contributed by atoms with Gasteiger partial charge in [0.1, 0.15) is 0 Å². The Morgan fingerprint density at radius 3 is 2.82 bits per heavy atom. The molecule has 1 aliphatic rings. The third-order valence-electron chi connectivity index (χ3n) is 2.17. The van der Waals surface area contributed by atoms with Gasteiger partial charge in [0.05, 0.1) is 9.52 Å². The molecule has 11 heavy (non-hydrogen) atoms. The SMILES string of the molecule is CC1=Cc2cc(C)ccc2[SiH2]1. The fourth-order valence-corrected chi connectivity index (χ4v) is 3.19. The lowest BCUT2D eigenvalue weighted by molar-refractivity contribution is 1.48. The van der Waals surface area contributed by atoms with Crippen LogP contribution in [0.25, 0.3) is 6.08 Å². The summed E-state index contributed by atoms with van der Waals surface area (Å²) in [5.74, 6) is 0. The summed E-state index contributed by atoms with van der Waals surface area (Å²) in [6, 6.07) is 6.81. The Kier molecular flexibility index (Phi) is 1.46. The topological polar surface area (TPSA) is 0 Å². The van der Waals surface area contributed by atoms with Crippen LogP contribution >= 0.6 is 0 Å². The fourth-order valence-electron chi connectivity index (χ4n) is 1.63. The van der Waals surface area contributed by atoms with Gasteiger partial charge in [-0.1, -0.05) is 40.2 Å². The molecule has 1 aromatic carbocycles. The van der Waals surface area contributed by atoms with Crippen LogP contribution < -0.4 is 5.19 Å². The van der Waals surface area contributed by atoms with E-state index in [1.165, 1.54) is 11.1 Å². The van der Waals surface area contributed by atoms with Crippen molar-refractivity contribution < 1.29 is 0 Å². The molecule has 2 rings (SSSR count). The molecule has 0 fully saturated rings. The molecule has 0 radical (unpaired) electrons. The summed E-state index contributed by atoms with van der Waals surface area (Å²) in [7, 11) is -0.0389. The number of allylic oxidation sites excluding steroid dienone is 1. The van der Waals surface area contributed by atoms with Gasteiger partial charge in [0.15, 0.2) is 0 Å². The first kappa shape index (κ1) is 6.86. The number of fused-ring (bicyclic) bond motifs is 1. The van der Waals surface area contributed by atoms with Crippen LogP contribution in [-0.4, -0.2) is 9.52 Å². The van der Waals surface area contributed by atoms with Gasteiger partial charge in [0, 0.05) is 0 Å². The predicted molar refractivity (Wildman–Crippen MR) is 53.0 cm³/mol. The van der Waals surface area contributed by atoms with Crippen LogP contribution in [0.15, 0.2) is 23.4 Å². The Labute approximate surface area is 69.8 Å². The summed E-state index contributed by atoms with van der Waals surface area (Å²) in [6.07, 6.45) is 2.34. The molecule has 0 amide bonds. The predicted octanol–water partition coefficient (Wildman–Crippen LogP) is 1.16. The summed E-state index contributed by atoms with van der Waals surface area (Å²) in [6.45, 7) is 4.41. The Morgan fingerprint density at radius 2 is 2.00 bits per heavy atom. The summed E-state index contributed by atoms with van der Waals surface area (Å²) < 4.78 is 0. The fraction of sp³-hybridized carbons (Fsp3) is 0.200. The minimum Gasteiger partial charge on any atom is -0.0850 e. The highest BCUT2D eigenvalue weighted by Gasteiger charge is 2.08. The first-order chi connectivity index (χ1) is 5.25. The van der Waals surface area contributed by atoms with Crippen molar-refractivity contribution in [1.29, 1.82) is 0 Å². The molecule has 0 unspecified atom stereocenters. The molecule has 0 aliphatic carbocycles. The molecule has 0 N–H and O–H groups in total. The maximum atomic E-state index is 2.34. The van der Waals surface area contributed by atoms with Crippen LogP contribution in [0.4, 0.5) is 0 Å². The molecule has 56 valence electrons. The molecule has 0 bridgehead atoms. The second-order valence-corrected chi connectivity index (χ2v) is 5.60. The zero-order valence-electron chi connectivity index (χ0n) is 7.02. The van der Waals surface area contributed by atoms with Gasteiger partial charge in [-0.05, 0) is 19.4 Å². The summed E-state index contributed by atoms with van der Waals surface area (Å²) in [5, 5.41) is 3.23. The minimum atomic E-state index is -0.0389. The van der Waals surface area contributed by atoms with E-state index >= 15 is 0 Å². The van der Waals surface area contributed by atoms with Crippen LogP contribution in [0.3, 0.4) is 0 Å². The van der Waals surface area contributed by atoms with Crippen molar-refractivity contribution in [1.82, 2.24) is 0 Å². The van der Waals surface area contributed by atoms with E-state index in [2.05, 4.69) is 38.1 Å². The molecule has 1 heteroatoms. The highest BCUT2D eigenvalue weighted by Crippen LogP contribution is 2.12. The first-order valence-electron chi connectivity index (χ1n) is 4.02. The molecule has 1 heterocycles. The molecular weight excluding hydrogens is 148 g/mol. The number of rotatable bonds is 0. The van der Waals surface area contributed by atoms with E-state index in [-0.39, 0.29) is 9.52 Å². The van der Waals surface area contributed by atoms with Crippen molar-refractivity contribution >= 4 is 20.8 Å². The van der Waals surface area contributed by atoms with Gasteiger partial charge in [0.2, 0.25) is 0 Å². The van der Waals surface area contributed by atoms with Crippen molar-refractivity contribution in [3.8, 4) is 0 Å². The van der Waals surface area contributed by atoms with E-state index in [0.717, 1.165) is 0 Å². The Morgan fingerprint density at radius 1 is 1.18 bits per heavy atom. The molecule has 0 saturated heterocycles. The third-order valence-corrected chi connectivity index (χ3v) is 3.96. The zero-order valence-corrected chi connectivity index (χ0v) is 8.43. The summed E-state index contributed by atoms with van der Waals surface area (Å²) in [4.78, 5) is 0. The Hall–Kier alpha value is -0.823. The monoisotopic (exact) mass is 160 g/mol. The molecule has 0 atom stereocenters. The average molecular weight is 160 g/mol. The normalized spacial score (nSPS) is 16.7. The van der Waals surface area contributed by atoms with E-state index < -0.39 is 0 Å². The quantitative estimate of drug-likeness (QED) is 0.500. The van der Waals surface area contributed by atoms with Gasteiger partial charge < -0.3 is 0 Å². The van der Waals surface area contributed by atoms with Gasteiger partial charge in [-0.3, -0.25) is 0 Å². The molecule has 1 aromatic rings. The zero-order chi connectivity index (χ0) is 7.84. The average Bonchev–Trinajstić information content (AvgIpc) is 2.27. The highest BCUT2D eigenvalue weighted by atomic mass is 28.2. The molecule has 0 nitrogen and oxygen atoms in total. The first-order valence-corrected chi connectivity index (χ1v) is 5.44. The molecule has 0 spiro atoms. The summed E-state index contributed by atoms with van der Waals surface area (Å²) in [5.41, 5.74) is 2.86. The van der Waals surface area contributed by atoms with Gasteiger partial charge in [-0.2, -0.15) is 0 Å². The number of hydrogen-bond acceptors (Lipinski definition) is 0. The van der Waals surface area contributed by atoms with E-state index in [4.69, 9.17) is 0 Å². The highest BCUT2D eigenvalue weighted by molar-refractivity contribution is 6.65. The van der Waals surface area contributed by atoms with E-state index in [1.807, 2.05) is 0 Å². The van der Waals surface area contributed by atoms with Crippen LogP contribution in [0.5, 0.6) is 0 Å². The van der Waals surface area contributed by atoms with Crippen molar-refractivity contribution in [3.63, 3.8) is 0 Å². The Balaban J connectivity index is 2.54. The van der Waals surface area contributed by atoms with Gasteiger partial charge in [0.25, 0.3) is 0 Å². The largest absolute Gasteiger partial charge is 0.0850 e. The van der Waals surface area contributed by atoms with Crippen molar-refractivity contribution in [2.75, 3.05) is 0 Å². The maximum absolute atomic E-state index is 2.34. The molecule has 0 saturated carbocycles. The van der Waals surface area contributed by atoms with Crippen LogP contribution in [0.2, 0.25) is 0 Å². The number of benzene rings is 1. The van der Waals surface area contributed by atoms with Gasteiger partial charge >= 0.3 is 0 Å². The van der Waals surface area contributed by atoms with Crippen LogP contribution in [-0.2, 0) is 0 Å². The lowest BCUT2D eigenvalue weighted by Crippen LogP contribution is -2.12. The second-order valence-electron chi connectivity index (χ2n) is 3.37. The molecular formula is C10H12Si. The van der Waals surface area contributed by atoms with Gasteiger partial charge in [-0.25, -0.2) is 0 Å². The van der Waals surface area contributed by atoms with Crippen molar-refractivity contribution in [2.24, 2.45) is 0 Å². The number of hydrogen-bond donors (Lipinski definition) is 0. The van der Waals surface area contributed by atoms with Crippen molar-refractivity contribution in [2.45, 2.75) is 13.8 Å². The second kappa shape index (κ2) is 2.34. The standard InChI is InChI=1S/C10H12Si/c1-7-3-4-10-9(5-7)6-8(2)11-10/h3-6H,11H2,1-2H3. The number of aryl methyl sites for hydroxylation is 1. The lowest BCUT2D eigenvalue weighted by Gasteiger charge is -1.98. The molecule has 0 aromatic heterocycles. The van der Waals surface area contributed by atoms with E-state index in [1.54, 1.807) is 10.4 Å². The Bertz CT molecular complexity index is 324. The molecule has 1 aliphatic heterocycles. The smallest absolute Gasteiger partial charge is 0.0828 e. The van der Waals surface area contributed by atoms with Crippen LogP contribution in [0.1, 0.15) is 18.1 Å². The van der Waals surface area contributed by atoms with Gasteiger partial charge in [-0.15, -0.1) is 0 Å². The lowest BCUT2D eigenvalue weighted by atomic mass is 10.1. The maximum Gasteiger partial charge on any atom is 0.0828 e. The summed E-state index contributed by atoms with van der Waals surface area (Å²) >= 11 is 0. The van der Waals surface area contributed by atoms with Crippen LogP contribution in [0, 0.1) is 6.92 Å². The van der Waals surface area contributed by atoms with E-state index in [0.29, 0.717) is 0 Å². The minimum absolute atomic E-state index is 0.0389. The van der Waals surface area contributed by atoms with E-state index in [9.17, 15) is 0 Å². The third kappa shape index (κ3) is 1.16.